The third-order valence-corrected chi connectivity index (χ3v) is 3.36. The molecule has 1 heterocycles. The summed E-state index contributed by atoms with van der Waals surface area (Å²) < 4.78 is 0. The molecular weight excluding hydrogens is 186 g/mol. The molecule has 1 unspecified atom stereocenters. The van der Waals surface area contributed by atoms with Gasteiger partial charge in [0.15, 0.2) is 0 Å². The first-order valence-electron chi connectivity index (χ1n) is 6.14. The van der Waals surface area contributed by atoms with Crippen LogP contribution in [0.2, 0.25) is 0 Å². The van der Waals surface area contributed by atoms with Crippen molar-refractivity contribution in [2.24, 2.45) is 5.92 Å². The highest BCUT2D eigenvalue weighted by Crippen LogP contribution is 2.32. The topological polar surface area (TPSA) is 40.7 Å². The molecule has 2 N–H and O–H groups in total. The molecule has 0 amide bonds. The second-order valence-electron chi connectivity index (χ2n) is 4.41. The lowest BCUT2D eigenvalue weighted by molar-refractivity contribution is 0.267. The molecular formula is C12H21N3. The van der Waals surface area contributed by atoms with Gasteiger partial charge >= 0.3 is 0 Å². The summed E-state index contributed by atoms with van der Waals surface area (Å²) in [7, 11) is 0. The number of hydrogen-bond donors (Lipinski definition) is 2. The van der Waals surface area contributed by atoms with Crippen LogP contribution in [-0.2, 0) is 0 Å². The lowest BCUT2D eigenvalue weighted by Gasteiger charge is -2.29. The lowest BCUT2D eigenvalue weighted by Crippen LogP contribution is -2.30. The molecule has 0 radical (unpaired) electrons. The molecule has 1 aliphatic rings. The third-order valence-electron chi connectivity index (χ3n) is 3.36. The first-order chi connectivity index (χ1) is 7.42. The van der Waals surface area contributed by atoms with Gasteiger partial charge in [-0.05, 0) is 25.3 Å². The quantitative estimate of drug-likeness (QED) is 0.797. The van der Waals surface area contributed by atoms with Crippen LogP contribution in [0.3, 0.4) is 0 Å². The van der Waals surface area contributed by atoms with E-state index < -0.39 is 0 Å². The van der Waals surface area contributed by atoms with E-state index in [0.717, 1.165) is 18.3 Å². The van der Waals surface area contributed by atoms with Crippen molar-refractivity contribution in [3.63, 3.8) is 0 Å². The molecule has 1 atom stereocenters. The molecule has 15 heavy (non-hydrogen) atoms. The van der Waals surface area contributed by atoms with Gasteiger partial charge in [0.2, 0.25) is 0 Å². The number of nitrogens with zero attached hydrogens (tertiary/aromatic N) is 1. The van der Waals surface area contributed by atoms with Gasteiger partial charge in [0.05, 0.1) is 6.04 Å². The van der Waals surface area contributed by atoms with Gasteiger partial charge in [0, 0.05) is 12.4 Å². The van der Waals surface area contributed by atoms with E-state index in [4.69, 9.17) is 0 Å². The monoisotopic (exact) mass is 207 g/mol. The van der Waals surface area contributed by atoms with E-state index in [2.05, 4.69) is 22.2 Å². The van der Waals surface area contributed by atoms with Gasteiger partial charge in [-0.15, -0.1) is 0 Å². The van der Waals surface area contributed by atoms with E-state index in [1.165, 1.54) is 32.1 Å². The number of aromatic amines is 1. The first-order valence-corrected chi connectivity index (χ1v) is 6.14. The van der Waals surface area contributed by atoms with Crippen molar-refractivity contribution in [1.82, 2.24) is 15.3 Å². The van der Waals surface area contributed by atoms with E-state index >= 15 is 0 Å². The Labute approximate surface area is 91.7 Å². The zero-order valence-corrected chi connectivity index (χ0v) is 9.50. The van der Waals surface area contributed by atoms with E-state index in [0.29, 0.717) is 6.04 Å². The lowest BCUT2D eigenvalue weighted by atomic mass is 9.83. The minimum absolute atomic E-state index is 0.435. The van der Waals surface area contributed by atoms with Crippen LogP contribution in [0, 0.1) is 5.92 Å². The van der Waals surface area contributed by atoms with Gasteiger partial charge in [-0.25, -0.2) is 4.98 Å². The number of H-pyrrole nitrogens is 1. The Kier molecular flexibility index (Phi) is 3.78. The summed E-state index contributed by atoms with van der Waals surface area (Å²) in [6.45, 7) is 3.18. The minimum atomic E-state index is 0.435. The average Bonchev–Trinajstić information content (AvgIpc) is 2.80. The van der Waals surface area contributed by atoms with Gasteiger partial charge in [-0.1, -0.05) is 26.2 Å². The van der Waals surface area contributed by atoms with Crippen LogP contribution in [0.25, 0.3) is 0 Å². The second-order valence-corrected chi connectivity index (χ2v) is 4.41. The molecule has 0 aromatic carbocycles. The number of nitrogens with one attached hydrogen (secondary N) is 2. The summed E-state index contributed by atoms with van der Waals surface area (Å²) in [6.07, 6.45) is 10.6. The summed E-state index contributed by atoms with van der Waals surface area (Å²) in [6, 6.07) is 0.435. The maximum atomic E-state index is 4.39. The van der Waals surface area contributed by atoms with Crippen molar-refractivity contribution in [3.8, 4) is 0 Å². The Balaban J connectivity index is 2.04. The molecule has 1 saturated carbocycles. The Morgan fingerprint density at radius 1 is 1.47 bits per heavy atom. The van der Waals surface area contributed by atoms with Gasteiger partial charge in [-0.3, -0.25) is 0 Å². The van der Waals surface area contributed by atoms with Gasteiger partial charge < -0.3 is 10.3 Å². The van der Waals surface area contributed by atoms with E-state index in [9.17, 15) is 0 Å². The average molecular weight is 207 g/mol. The highest BCUT2D eigenvalue weighted by Gasteiger charge is 2.25. The van der Waals surface area contributed by atoms with Crippen molar-refractivity contribution in [2.75, 3.05) is 6.54 Å². The Morgan fingerprint density at radius 3 is 2.87 bits per heavy atom. The van der Waals surface area contributed by atoms with E-state index in [-0.39, 0.29) is 0 Å². The summed E-state index contributed by atoms with van der Waals surface area (Å²) >= 11 is 0. The van der Waals surface area contributed by atoms with Crippen LogP contribution in [0.5, 0.6) is 0 Å². The van der Waals surface area contributed by atoms with Crippen molar-refractivity contribution in [1.29, 1.82) is 0 Å². The number of aromatic nitrogens is 2. The third kappa shape index (κ3) is 2.59. The van der Waals surface area contributed by atoms with Gasteiger partial charge in [0.25, 0.3) is 0 Å². The molecule has 1 aromatic heterocycles. The smallest absolute Gasteiger partial charge is 0.123 e. The standard InChI is InChI=1S/C12H21N3/c1-2-13-11(12-14-8-9-15-12)10-6-4-3-5-7-10/h8-11,13H,2-7H2,1H3,(H,14,15). The molecule has 2 rings (SSSR count). The Hall–Kier alpha value is -0.830. The fourth-order valence-electron chi connectivity index (χ4n) is 2.62. The van der Waals surface area contributed by atoms with Gasteiger partial charge in [-0.2, -0.15) is 0 Å². The van der Waals surface area contributed by atoms with E-state index in [1.807, 2.05) is 12.4 Å². The normalized spacial score (nSPS) is 20.3. The Bertz CT molecular complexity index is 262. The molecule has 0 bridgehead atoms. The molecule has 0 aliphatic heterocycles. The number of rotatable bonds is 4. The predicted octanol–water partition coefficient (Wildman–Crippen LogP) is 2.64. The van der Waals surface area contributed by atoms with Gasteiger partial charge in [0.1, 0.15) is 5.82 Å². The maximum absolute atomic E-state index is 4.39. The molecule has 0 saturated heterocycles. The van der Waals surface area contributed by atoms with Crippen molar-refractivity contribution in [2.45, 2.75) is 45.1 Å². The second kappa shape index (κ2) is 5.31. The fraction of sp³-hybridized carbons (Fsp3) is 0.750. The minimum Gasteiger partial charge on any atom is -0.347 e. The highest BCUT2D eigenvalue weighted by molar-refractivity contribution is 4.98. The number of imidazole rings is 1. The highest BCUT2D eigenvalue weighted by atomic mass is 15.0. The molecule has 84 valence electrons. The zero-order chi connectivity index (χ0) is 10.5. The van der Waals surface area contributed by atoms with Crippen molar-refractivity contribution in [3.05, 3.63) is 18.2 Å². The SMILES string of the molecule is CCNC(c1ncc[nH]1)C1CCCCC1. The van der Waals surface area contributed by atoms with Crippen LogP contribution in [0.1, 0.15) is 50.9 Å². The molecule has 1 fully saturated rings. The summed E-state index contributed by atoms with van der Waals surface area (Å²) in [5, 5.41) is 3.56. The van der Waals surface area contributed by atoms with Crippen LogP contribution >= 0.6 is 0 Å². The van der Waals surface area contributed by atoms with Crippen LogP contribution in [0.4, 0.5) is 0 Å². The summed E-state index contributed by atoms with van der Waals surface area (Å²) in [5.41, 5.74) is 0. The van der Waals surface area contributed by atoms with Crippen LogP contribution in [0.15, 0.2) is 12.4 Å². The van der Waals surface area contributed by atoms with E-state index in [1.54, 1.807) is 0 Å². The summed E-state index contributed by atoms with van der Waals surface area (Å²) in [4.78, 5) is 7.64. The van der Waals surface area contributed by atoms with Crippen LogP contribution in [-0.4, -0.2) is 16.5 Å². The molecule has 0 spiro atoms. The zero-order valence-electron chi connectivity index (χ0n) is 9.50. The molecule has 1 aromatic rings. The van der Waals surface area contributed by atoms with Crippen LogP contribution < -0.4 is 5.32 Å². The fourth-order valence-corrected chi connectivity index (χ4v) is 2.62. The maximum Gasteiger partial charge on any atom is 0.123 e. The van der Waals surface area contributed by atoms with Crippen molar-refractivity contribution >= 4 is 0 Å². The summed E-state index contributed by atoms with van der Waals surface area (Å²) in [5.74, 6) is 1.88. The molecule has 3 nitrogen and oxygen atoms in total. The molecule has 1 aliphatic carbocycles. The first kappa shape index (κ1) is 10.7. The largest absolute Gasteiger partial charge is 0.347 e. The Morgan fingerprint density at radius 2 is 2.27 bits per heavy atom. The predicted molar refractivity (Wildman–Crippen MR) is 61.6 cm³/mol. The number of hydrogen-bond acceptors (Lipinski definition) is 2. The van der Waals surface area contributed by atoms with Crippen molar-refractivity contribution < 1.29 is 0 Å². The molecule has 3 heteroatoms.